The van der Waals surface area contributed by atoms with Crippen LogP contribution in [0.2, 0.25) is 0 Å². The molecule has 0 aliphatic rings. The minimum Gasteiger partial charge on any atom is -0.330 e. The highest BCUT2D eigenvalue weighted by Crippen LogP contribution is 2.12. The first-order chi connectivity index (χ1) is 15.9. The van der Waals surface area contributed by atoms with Crippen molar-refractivity contribution in [3.8, 4) is 0 Å². The molecule has 0 aliphatic carbocycles. The number of rotatable bonds is 18. The first-order valence-electron chi connectivity index (χ1n) is 13.4. The third kappa shape index (κ3) is 18.0. The van der Waals surface area contributed by atoms with E-state index in [1.54, 1.807) is 0 Å². The maximum absolute atomic E-state index is 5.47. The zero-order chi connectivity index (χ0) is 23.0. The van der Waals surface area contributed by atoms with Gasteiger partial charge in [0, 0.05) is 13.1 Å². The first-order valence-corrected chi connectivity index (χ1v) is 13.4. The second-order valence-corrected chi connectivity index (χ2v) is 8.96. The molecule has 0 amide bonds. The summed E-state index contributed by atoms with van der Waals surface area (Å²) in [5.74, 6) is 0. The third-order valence-corrected chi connectivity index (χ3v) is 5.90. The standard InChI is InChI=1S/C16H35N.C14H15N/c1-2-3-4-5-6-7-8-9-10-11-12-13-14-15-16-17;1-3-7-13(8-4-1)11-15-12-14-9-5-2-6-10-14/h2-17H2,1H3;1-10,15H,11-12H2. The Morgan fingerprint density at radius 1 is 0.500 bits per heavy atom. The van der Waals surface area contributed by atoms with Crippen molar-refractivity contribution in [2.24, 2.45) is 5.73 Å². The zero-order valence-electron chi connectivity index (χ0n) is 20.9. The van der Waals surface area contributed by atoms with Gasteiger partial charge in [0.2, 0.25) is 0 Å². The summed E-state index contributed by atoms with van der Waals surface area (Å²) in [7, 11) is 0. The van der Waals surface area contributed by atoms with Crippen LogP contribution in [0.4, 0.5) is 0 Å². The van der Waals surface area contributed by atoms with E-state index in [1.807, 2.05) is 12.1 Å². The van der Waals surface area contributed by atoms with E-state index in [2.05, 4.69) is 60.8 Å². The SMILES string of the molecule is CCCCCCCCCCCCCCCCN.c1ccc(CNCc2ccccc2)cc1. The highest BCUT2D eigenvalue weighted by atomic mass is 14.8. The van der Waals surface area contributed by atoms with E-state index in [1.165, 1.54) is 101 Å². The van der Waals surface area contributed by atoms with E-state index >= 15 is 0 Å². The summed E-state index contributed by atoms with van der Waals surface area (Å²) in [5, 5.41) is 3.42. The van der Waals surface area contributed by atoms with Crippen molar-refractivity contribution < 1.29 is 0 Å². The molecule has 0 heterocycles. The molecule has 3 N–H and O–H groups in total. The highest BCUT2D eigenvalue weighted by Gasteiger charge is 1.94. The van der Waals surface area contributed by atoms with Gasteiger partial charge in [-0.05, 0) is 24.1 Å². The maximum atomic E-state index is 5.47. The van der Waals surface area contributed by atoms with Crippen LogP contribution >= 0.6 is 0 Å². The number of benzene rings is 2. The van der Waals surface area contributed by atoms with Gasteiger partial charge in [-0.15, -0.1) is 0 Å². The summed E-state index contributed by atoms with van der Waals surface area (Å²) in [6.45, 7) is 5.01. The minimum atomic E-state index is 0.873. The molecular weight excluding hydrogens is 388 g/mol. The number of nitrogens with one attached hydrogen (secondary N) is 1. The largest absolute Gasteiger partial charge is 0.330 e. The van der Waals surface area contributed by atoms with E-state index in [0.29, 0.717) is 0 Å². The summed E-state index contributed by atoms with van der Waals surface area (Å²) in [6, 6.07) is 20.9. The van der Waals surface area contributed by atoms with Gasteiger partial charge in [-0.2, -0.15) is 0 Å². The van der Waals surface area contributed by atoms with Crippen molar-refractivity contribution in [3.63, 3.8) is 0 Å². The van der Waals surface area contributed by atoms with Crippen molar-refractivity contribution in [2.75, 3.05) is 6.54 Å². The van der Waals surface area contributed by atoms with Gasteiger partial charge in [-0.25, -0.2) is 0 Å². The number of hydrogen-bond donors (Lipinski definition) is 2. The lowest BCUT2D eigenvalue weighted by atomic mass is 10.0. The Balaban J connectivity index is 0.000000321. The summed E-state index contributed by atoms with van der Waals surface area (Å²) in [4.78, 5) is 0. The average Bonchev–Trinajstić information content (AvgIpc) is 2.84. The van der Waals surface area contributed by atoms with Gasteiger partial charge in [0.05, 0.1) is 0 Å². The average molecular weight is 439 g/mol. The second-order valence-electron chi connectivity index (χ2n) is 8.96. The maximum Gasteiger partial charge on any atom is 0.0208 e. The first kappa shape index (κ1) is 28.4. The summed E-state index contributed by atoms with van der Waals surface area (Å²) >= 11 is 0. The van der Waals surface area contributed by atoms with E-state index < -0.39 is 0 Å². The Bertz CT molecular complexity index is 543. The molecule has 0 radical (unpaired) electrons. The van der Waals surface area contributed by atoms with Gasteiger partial charge in [0.25, 0.3) is 0 Å². The monoisotopic (exact) mass is 438 g/mol. The summed E-state index contributed by atoms with van der Waals surface area (Å²) in [5.41, 5.74) is 8.12. The van der Waals surface area contributed by atoms with Crippen LogP contribution in [0.15, 0.2) is 60.7 Å². The van der Waals surface area contributed by atoms with Gasteiger partial charge < -0.3 is 11.1 Å². The van der Waals surface area contributed by atoms with Crippen LogP contribution in [0.25, 0.3) is 0 Å². The van der Waals surface area contributed by atoms with Crippen molar-refractivity contribution in [2.45, 2.75) is 110 Å². The molecule has 2 heteroatoms. The van der Waals surface area contributed by atoms with Crippen LogP contribution in [0.5, 0.6) is 0 Å². The van der Waals surface area contributed by atoms with E-state index in [9.17, 15) is 0 Å². The van der Waals surface area contributed by atoms with Crippen LogP contribution < -0.4 is 11.1 Å². The molecule has 0 aromatic heterocycles. The number of nitrogens with two attached hydrogens (primary N) is 1. The van der Waals surface area contributed by atoms with Crippen molar-refractivity contribution in [1.29, 1.82) is 0 Å². The Hall–Kier alpha value is -1.64. The Morgan fingerprint density at radius 3 is 1.19 bits per heavy atom. The minimum absolute atomic E-state index is 0.873. The molecule has 0 bridgehead atoms. The van der Waals surface area contributed by atoms with Crippen LogP contribution in [-0.2, 0) is 13.1 Å². The molecule has 180 valence electrons. The molecule has 2 rings (SSSR count). The van der Waals surface area contributed by atoms with E-state index in [0.717, 1.165) is 19.6 Å². The lowest BCUT2D eigenvalue weighted by molar-refractivity contribution is 0.536. The van der Waals surface area contributed by atoms with Gasteiger partial charge in [0.1, 0.15) is 0 Å². The lowest BCUT2D eigenvalue weighted by Crippen LogP contribution is -2.12. The number of hydrogen-bond acceptors (Lipinski definition) is 2. The van der Waals surface area contributed by atoms with Crippen molar-refractivity contribution in [3.05, 3.63) is 71.8 Å². The van der Waals surface area contributed by atoms with Gasteiger partial charge >= 0.3 is 0 Å². The highest BCUT2D eigenvalue weighted by molar-refractivity contribution is 5.16. The molecular formula is C30H50N2. The predicted octanol–water partition coefficient (Wildman–Crippen LogP) is 8.40. The molecule has 0 aliphatic heterocycles. The molecule has 32 heavy (non-hydrogen) atoms. The zero-order valence-corrected chi connectivity index (χ0v) is 20.9. The van der Waals surface area contributed by atoms with E-state index in [4.69, 9.17) is 5.73 Å². The van der Waals surface area contributed by atoms with Crippen LogP contribution in [-0.4, -0.2) is 6.54 Å². The van der Waals surface area contributed by atoms with Crippen molar-refractivity contribution in [1.82, 2.24) is 5.32 Å². The molecule has 0 unspecified atom stereocenters. The Morgan fingerprint density at radius 2 is 0.844 bits per heavy atom. The quantitative estimate of drug-likeness (QED) is 0.229. The topological polar surface area (TPSA) is 38.0 Å². The smallest absolute Gasteiger partial charge is 0.0208 e. The molecule has 2 aromatic rings. The fraction of sp³-hybridized carbons (Fsp3) is 0.600. The molecule has 2 nitrogen and oxygen atoms in total. The van der Waals surface area contributed by atoms with E-state index in [-0.39, 0.29) is 0 Å². The molecule has 0 atom stereocenters. The summed E-state index contributed by atoms with van der Waals surface area (Å²) in [6.07, 6.45) is 19.9. The molecule has 0 saturated carbocycles. The lowest BCUT2D eigenvalue weighted by Gasteiger charge is -2.04. The fourth-order valence-electron chi connectivity index (χ4n) is 3.88. The predicted molar refractivity (Wildman–Crippen MR) is 143 cm³/mol. The van der Waals surface area contributed by atoms with Crippen LogP contribution in [0.1, 0.15) is 108 Å². The van der Waals surface area contributed by atoms with Gasteiger partial charge in [-0.3, -0.25) is 0 Å². The molecule has 0 saturated heterocycles. The third-order valence-electron chi connectivity index (χ3n) is 5.90. The summed E-state index contributed by atoms with van der Waals surface area (Å²) < 4.78 is 0. The number of unbranched alkanes of at least 4 members (excludes halogenated alkanes) is 13. The normalized spacial score (nSPS) is 10.6. The fourth-order valence-corrected chi connectivity index (χ4v) is 3.88. The Kier molecular flexibility index (Phi) is 20.0. The Labute approximate surface area is 199 Å². The molecule has 2 aromatic carbocycles. The van der Waals surface area contributed by atoms with Crippen molar-refractivity contribution >= 4 is 0 Å². The van der Waals surface area contributed by atoms with Gasteiger partial charge in [0.15, 0.2) is 0 Å². The van der Waals surface area contributed by atoms with Crippen LogP contribution in [0.3, 0.4) is 0 Å². The second kappa shape index (κ2) is 22.6. The van der Waals surface area contributed by atoms with Crippen LogP contribution in [0, 0.1) is 0 Å². The molecule has 0 spiro atoms. The molecule has 0 fully saturated rings. The van der Waals surface area contributed by atoms with Gasteiger partial charge in [-0.1, -0.05) is 151 Å².